The van der Waals surface area contributed by atoms with Crippen LogP contribution in [0.1, 0.15) is 38.1 Å². The molecule has 0 aliphatic carbocycles. The summed E-state index contributed by atoms with van der Waals surface area (Å²) in [7, 11) is 0. The molecule has 16 heavy (non-hydrogen) atoms. The van der Waals surface area contributed by atoms with Crippen LogP contribution in [0.25, 0.3) is 0 Å². The topological polar surface area (TPSA) is 38.3 Å². The van der Waals surface area contributed by atoms with Crippen molar-refractivity contribution in [3.8, 4) is 0 Å². The molecule has 0 radical (unpaired) electrons. The molecular weight excluding hydrogens is 202 g/mol. The molecule has 0 bridgehead atoms. The number of ether oxygens (including phenoxy) is 1. The van der Waals surface area contributed by atoms with E-state index in [2.05, 4.69) is 5.32 Å². The number of nitrogens with one attached hydrogen (secondary N) is 1. The quantitative estimate of drug-likeness (QED) is 0.797. The van der Waals surface area contributed by atoms with E-state index in [1.54, 1.807) is 6.07 Å². The number of para-hydroxylation sites is 1. The summed E-state index contributed by atoms with van der Waals surface area (Å²) in [6.45, 7) is 8.36. The largest absolute Gasteiger partial charge is 0.456 e. The molecule has 0 aromatic heterocycles. The fraction of sp³-hybridized carbons (Fsp3) is 0.462. The maximum absolute atomic E-state index is 11.9. The van der Waals surface area contributed by atoms with E-state index in [1.165, 1.54) is 0 Å². The lowest BCUT2D eigenvalue weighted by Crippen LogP contribution is -2.24. The van der Waals surface area contributed by atoms with E-state index in [1.807, 2.05) is 45.9 Å². The van der Waals surface area contributed by atoms with E-state index in [0.717, 1.165) is 12.2 Å². The lowest BCUT2D eigenvalue weighted by atomic mass is 10.1. The van der Waals surface area contributed by atoms with Crippen molar-refractivity contribution in [2.45, 2.75) is 33.3 Å². The molecule has 1 aromatic rings. The summed E-state index contributed by atoms with van der Waals surface area (Å²) < 4.78 is 5.33. The fourth-order valence-corrected chi connectivity index (χ4v) is 1.34. The molecule has 0 aliphatic heterocycles. The zero-order valence-corrected chi connectivity index (χ0v) is 10.3. The van der Waals surface area contributed by atoms with Gasteiger partial charge in [-0.05, 0) is 39.8 Å². The second kappa shape index (κ2) is 5.01. The molecule has 0 saturated heterocycles. The van der Waals surface area contributed by atoms with Crippen molar-refractivity contribution in [3.63, 3.8) is 0 Å². The second-order valence-electron chi connectivity index (χ2n) is 4.58. The van der Waals surface area contributed by atoms with Gasteiger partial charge in [0.2, 0.25) is 0 Å². The molecule has 0 heterocycles. The molecule has 0 atom stereocenters. The molecule has 3 nitrogen and oxygen atoms in total. The van der Waals surface area contributed by atoms with Crippen LogP contribution in [0, 0.1) is 0 Å². The lowest BCUT2D eigenvalue weighted by Gasteiger charge is -2.20. The first kappa shape index (κ1) is 12.6. The number of hydrogen-bond acceptors (Lipinski definition) is 3. The van der Waals surface area contributed by atoms with Crippen molar-refractivity contribution >= 4 is 11.7 Å². The maximum Gasteiger partial charge on any atom is 0.340 e. The Morgan fingerprint density at radius 1 is 1.31 bits per heavy atom. The number of benzene rings is 1. The van der Waals surface area contributed by atoms with Gasteiger partial charge in [0.15, 0.2) is 0 Å². The average molecular weight is 221 g/mol. The van der Waals surface area contributed by atoms with Crippen molar-refractivity contribution in [1.82, 2.24) is 0 Å². The number of rotatable bonds is 3. The molecule has 0 saturated carbocycles. The highest BCUT2D eigenvalue weighted by molar-refractivity contribution is 5.95. The van der Waals surface area contributed by atoms with E-state index in [9.17, 15) is 4.79 Å². The molecule has 1 N–H and O–H groups in total. The predicted molar refractivity (Wildman–Crippen MR) is 65.8 cm³/mol. The molecular formula is C13H19NO2. The van der Waals surface area contributed by atoms with Gasteiger partial charge in [0, 0.05) is 12.2 Å². The smallest absolute Gasteiger partial charge is 0.340 e. The van der Waals surface area contributed by atoms with Crippen LogP contribution in [-0.4, -0.2) is 18.1 Å². The Labute approximate surface area is 96.8 Å². The average Bonchev–Trinajstić information content (AvgIpc) is 2.16. The van der Waals surface area contributed by atoms with Gasteiger partial charge in [0.25, 0.3) is 0 Å². The Kier molecular flexibility index (Phi) is 3.93. The van der Waals surface area contributed by atoms with Crippen LogP contribution in [-0.2, 0) is 4.74 Å². The van der Waals surface area contributed by atoms with Gasteiger partial charge in [-0.3, -0.25) is 0 Å². The number of carbonyl (C=O) groups is 1. The highest BCUT2D eigenvalue weighted by atomic mass is 16.6. The van der Waals surface area contributed by atoms with Crippen LogP contribution in [0.5, 0.6) is 0 Å². The van der Waals surface area contributed by atoms with Gasteiger partial charge < -0.3 is 10.1 Å². The zero-order chi connectivity index (χ0) is 12.2. The molecule has 0 spiro atoms. The summed E-state index contributed by atoms with van der Waals surface area (Å²) in [6, 6.07) is 7.38. The van der Waals surface area contributed by atoms with Crippen LogP contribution >= 0.6 is 0 Å². The molecule has 88 valence electrons. The molecule has 0 unspecified atom stereocenters. The van der Waals surface area contributed by atoms with E-state index < -0.39 is 5.60 Å². The zero-order valence-electron chi connectivity index (χ0n) is 10.3. The number of carbonyl (C=O) groups excluding carboxylic acids is 1. The molecule has 0 amide bonds. The van der Waals surface area contributed by atoms with Gasteiger partial charge in [-0.25, -0.2) is 4.79 Å². The number of esters is 1. The van der Waals surface area contributed by atoms with Gasteiger partial charge >= 0.3 is 5.97 Å². The van der Waals surface area contributed by atoms with E-state index in [-0.39, 0.29) is 5.97 Å². The summed E-state index contributed by atoms with van der Waals surface area (Å²) in [5.41, 5.74) is 0.940. The minimum Gasteiger partial charge on any atom is -0.456 e. The highest BCUT2D eigenvalue weighted by Crippen LogP contribution is 2.19. The normalized spacial score (nSPS) is 11.0. The third-order valence-corrected chi connectivity index (χ3v) is 1.91. The van der Waals surface area contributed by atoms with Crippen LogP contribution in [0.3, 0.4) is 0 Å². The summed E-state index contributed by atoms with van der Waals surface area (Å²) in [5.74, 6) is -0.288. The Bertz CT molecular complexity index is 366. The van der Waals surface area contributed by atoms with Gasteiger partial charge in [0.05, 0.1) is 5.56 Å². The Morgan fingerprint density at radius 2 is 1.94 bits per heavy atom. The monoisotopic (exact) mass is 221 g/mol. The molecule has 1 rings (SSSR count). The van der Waals surface area contributed by atoms with Gasteiger partial charge in [-0.2, -0.15) is 0 Å². The molecule has 3 heteroatoms. The second-order valence-corrected chi connectivity index (χ2v) is 4.58. The summed E-state index contributed by atoms with van der Waals surface area (Å²) in [6.07, 6.45) is 0. The third-order valence-electron chi connectivity index (χ3n) is 1.91. The minimum absolute atomic E-state index is 0.288. The van der Waals surface area contributed by atoms with Crippen molar-refractivity contribution in [1.29, 1.82) is 0 Å². The van der Waals surface area contributed by atoms with Crippen molar-refractivity contribution in [2.24, 2.45) is 0 Å². The first-order chi connectivity index (χ1) is 7.44. The van der Waals surface area contributed by atoms with Crippen molar-refractivity contribution in [2.75, 3.05) is 11.9 Å². The minimum atomic E-state index is -0.462. The van der Waals surface area contributed by atoms with Crippen molar-refractivity contribution in [3.05, 3.63) is 29.8 Å². The number of hydrogen-bond donors (Lipinski definition) is 1. The van der Waals surface area contributed by atoms with Crippen LogP contribution in [0.2, 0.25) is 0 Å². The fourth-order valence-electron chi connectivity index (χ4n) is 1.34. The van der Waals surface area contributed by atoms with E-state index in [4.69, 9.17) is 4.74 Å². The van der Waals surface area contributed by atoms with Crippen molar-refractivity contribution < 1.29 is 9.53 Å². The Balaban J connectivity index is 2.90. The SMILES string of the molecule is CCNc1ccccc1C(=O)OC(C)(C)C. The summed E-state index contributed by atoms with van der Waals surface area (Å²) in [5, 5.41) is 3.14. The van der Waals surface area contributed by atoms with E-state index in [0.29, 0.717) is 5.56 Å². The Morgan fingerprint density at radius 3 is 2.50 bits per heavy atom. The van der Waals surface area contributed by atoms with Crippen LogP contribution < -0.4 is 5.32 Å². The van der Waals surface area contributed by atoms with Gasteiger partial charge in [-0.1, -0.05) is 12.1 Å². The highest BCUT2D eigenvalue weighted by Gasteiger charge is 2.19. The number of anilines is 1. The molecule has 0 fully saturated rings. The van der Waals surface area contributed by atoms with Gasteiger partial charge in [0.1, 0.15) is 5.60 Å². The molecule has 0 aliphatic rings. The van der Waals surface area contributed by atoms with E-state index >= 15 is 0 Å². The summed E-state index contributed by atoms with van der Waals surface area (Å²) in [4.78, 5) is 11.9. The first-order valence-corrected chi connectivity index (χ1v) is 5.50. The van der Waals surface area contributed by atoms with Crippen LogP contribution in [0.15, 0.2) is 24.3 Å². The molecule has 1 aromatic carbocycles. The van der Waals surface area contributed by atoms with Gasteiger partial charge in [-0.15, -0.1) is 0 Å². The third kappa shape index (κ3) is 3.57. The summed E-state index contributed by atoms with van der Waals surface area (Å²) >= 11 is 0. The standard InChI is InChI=1S/C13H19NO2/c1-5-14-11-9-7-6-8-10(11)12(15)16-13(2,3)4/h6-9,14H,5H2,1-4H3. The predicted octanol–water partition coefficient (Wildman–Crippen LogP) is 3.07. The lowest BCUT2D eigenvalue weighted by molar-refractivity contribution is 0.00707. The Hall–Kier alpha value is -1.51. The maximum atomic E-state index is 11.9. The first-order valence-electron chi connectivity index (χ1n) is 5.50. The van der Waals surface area contributed by atoms with Crippen LogP contribution in [0.4, 0.5) is 5.69 Å².